The molecular weight excluding hydrogens is 191 g/mol. The molecule has 1 rings (SSSR count). The lowest BCUT2D eigenvalue weighted by Gasteiger charge is -2.25. The molecule has 1 heterocycles. The minimum Gasteiger partial charge on any atom is -0.334 e. The number of nitrogens with zero attached hydrogens (tertiary/aromatic N) is 2. The van der Waals surface area contributed by atoms with Crippen molar-refractivity contribution in [2.24, 2.45) is 7.05 Å². The van der Waals surface area contributed by atoms with Gasteiger partial charge in [0.05, 0.1) is 5.69 Å². The first-order valence-corrected chi connectivity index (χ1v) is 5.83. The standard InChI is InChI=1S/C11H21N2P/c1-6-11(14,7-2)10-12-8(3)9(4)13(10)5/h6-7,14H2,1-5H3. The molecule has 0 bridgehead atoms. The maximum Gasteiger partial charge on any atom is 0.118 e. The minimum atomic E-state index is 0.147. The largest absolute Gasteiger partial charge is 0.334 e. The molecule has 0 saturated carbocycles. The van der Waals surface area contributed by atoms with E-state index < -0.39 is 0 Å². The molecule has 0 spiro atoms. The Balaban J connectivity index is 3.24. The second-order valence-electron chi connectivity index (χ2n) is 4.03. The monoisotopic (exact) mass is 212 g/mol. The molecule has 3 heteroatoms. The molecule has 0 fully saturated rings. The molecule has 0 aliphatic heterocycles. The van der Waals surface area contributed by atoms with Crippen molar-refractivity contribution in [2.45, 2.75) is 45.7 Å². The molecule has 1 aromatic heterocycles. The van der Waals surface area contributed by atoms with Crippen LogP contribution in [0.1, 0.15) is 43.9 Å². The summed E-state index contributed by atoms with van der Waals surface area (Å²) in [5, 5.41) is 0.147. The molecule has 0 aromatic carbocycles. The van der Waals surface area contributed by atoms with Gasteiger partial charge in [-0.15, -0.1) is 9.24 Å². The molecule has 1 atom stereocenters. The quantitative estimate of drug-likeness (QED) is 0.704. The Morgan fingerprint density at radius 3 is 2.07 bits per heavy atom. The van der Waals surface area contributed by atoms with Crippen LogP contribution in [-0.2, 0) is 12.2 Å². The van der Waals surface area contributed by atoms with Gasteiger partial charge >= 0.3 is 0 Å². The maximum absolute atomic E-state index is 4.67. The summed E-state index contributed by atoms with van der Waals surface area (Å²) < 4.78 is 2.22. The van der Waals surface area contributed by atoms with Crippen LogP contribution in [0.3, 0.4) is 0 Å². The van der Waals surface area contributed by atoms with Crippen molar-refractivity contribution in [3.63, 3.8) is 0 Å². The van der Waals surface area contributed by atoms with Gasteiger partial charge < -0.3 is 4.57 Å². The Morgan fingerprint density at radius 2 is 1.79 bits per heavy atom. The number of imidazole rings is 1. The predicted molar refractivity (Wildman–Crippen MR) is 64.7 cm³/mol. The summed E-state index contributed by atoms with van der Waals surface area (Å²) in [6, 6.07) is 0. The summed E-state index contributed by atoms with van der Waals surface area (Å²) in [6.45, 7) is 8.64. The van der Waals surface area contributed by atoms with Crippen molar-refractivity contribution in [3.05, 3.63) is 17.2 Å². The fourth-order valence-electron chi connectivity index (χ4n) is 1.73. The summed E-state index contributed by atoms with van der Waals surface area (Å²) >= 11 is 0. The predicted octanol–water partition coefficient (Wildman–Crippen LogP) is 2.93. The fourth-order valence-corrected chi connectivity index (χ4v) is 1.99. The van der Waals surface area contributed by atoms with Gasteiger partial charge in [0.25, 0.3) is 0 Å². The van der Waals surface area contributed by atoms with Crippen molar-refractivity contribution >= 4 is 9.24 Å². The SMILES string of the molecule is CCC(P)(CC)c1nc(C)c(C)n1C. The molecule has 0 aliphatic rings. The lowest BCUT2D eigenvalue weighted by Crippen LogP contribution is -2.20. The average molecular weight is 212 g/mol. The number of hydrogen-bond donors (Lipinski definition) is 0. The molecule has 2 nitrogen and oxygen atoms in total. The van der Waals surface area contributed by atoms with Gasteiger partial charge in [-0.25, -0.2) is 4.98 Å². The molecule has 1 unspecified atom stereocenters. The van der Waals surface area contributed by atoms with Crippen LogP contribution in [0, 0.1) is 13.8 Å². The zero-order valence-corrected chi connectivity index (χ0v) is 11.0. The van der Waals surface area contributed by atoms with Crippen LogP contribution in [0.5, 0.6) is 0 Å². The fraction of sp³-hybridized carbons (Fsp3) is 0.727. The number of aromatic nitrogens is 2. The smallest absolute Gasteiger partial charge is 0.118 e. The average Bonchev–Trinajstić information content (AvgIpc) is 2.45. The number of hydrogen-bond acceptors (Lipinski definition) is 1. The van der Waals surface area contributed by atoms with Gasteiger partial charge in [0.15, 0.2) is 0 Å². The zero-order valence-electron chi connectivity index (χ0n) is 9.89. The summed E-state index contributed by atoms with van der Waals surface area (Å²) in [5.74, 6) is 1.20. The molecule has 0 N–H and O–H groups in total. The summed E-state index contributed by atoms with van der Waals surface area (Å²) in [5.41, 5.74) is 2.42. The Morgan fingerprint density at radius 1 is 1.29 bits per heavy atom. The van der Waals surface area contributed by atoms with E-state index in [4.69, 9.17) is 0 Å². The van der Waals surface area contributed by atoms with E-state index in [9.17, 15) is 0 Å². The highest BCUT2D eigenvalue weighted by Crippen LogP contribution is 2.37. The van der Waals surface area contributed by atoms with E-state index in [1.807, 2.05) is 0 Å². The second kappa shape index (κ2) is 4.02. The first-order chi connectivity index (χ1) is 6.46. The van der Waals surface area contributed by atoms with Gasteiger partial charge in [-0.2, -0.15) is 0 Å². The molecule has 0 radical (unpaired) electrons. The first kappa shape index (κ1) is 11.7. The van der Waals surface area contributed by atoms with E-state index in [-0.39, 0.29) is 5.16 Å². The molecule has 0 amide bonds. The number of rotatable bonds is 3. The van der Waals surface area contributed by atoms with Crippen molar-refractivity contribution in [1.82, 2.24) is 9.55 Å². The Bertz CT molecular complexity index is 324. The third-order valence-corrected chi connectivity index (χ3v) is 4.40. The second-order valence-corrected chi connectivity index (χ2v) is 5.13. The van der Waals surface area contributed by atoms with E-state index in [1.165, 1.54) is 11.5 Å². The highest BCUT2D eigenvalue weighted by Gasteiger charge is 2.28. The van der Waals surface area contributed by atoms with Crippen molar-refractivity contribution in [3.8, 4) is 0 Å². The molecule has 80 valence electrons. The van der Waals surface area contributed by atoms with Crippen molar-refractivity contribution in [1.29, 1.82) is 0 Å². The lowest BCUT2D eigenvalue weighted by molar-refractivity contribution is 0.521. The summed E-state index contributed by atoms with van der Waals surface area (Å²) in [6.07, 6.45) is 2.22. The van der Waals surface area contributed by atoms with Gasteiger partial charge in [-0.1, -0.05) is 13.8 Å². The van der Waals surface area contributed by atoms with Crippen LogP contribution < -0.4 is 0 Å². The van der Waals surface area contributed by atoms with Crippen LogP contribution in [-0.4, -0.2) is 9.55 Å². The topological polar surface area (TPSA) is 17.8 Å². The molecule has 1 aromatic rings. The van der Waals surface area contributed by atoms with Crippen LogP contribution in [0.2, 0.25) is 0 Å². The highest BCUT2D eigenvalue weighted by molar-refractivity contribution is 7.18. The summed E-state index contributed by atoms with van der Waals surface area (Å²) in [4.78, 5) is 4.67. The van der Waals surface area contributed by atoms with E-state index >= 15 is 0 Å². The van der Waals surface area contributed by atoms with Crippen LogP contribution in [0.15, 0.2) is 0 Å². The maximum atomic E-state index is 4.67. The Hall–Kier alpha value is -0.360. The first-order valence-electron chi connectivity index (χ1n) is 5.25. The lowest BCUT2D eigenvalue weighted by atomic mass is 10.0. The summed E-state index contributed by atoms with van der Waals surface area (Å²) in [7, 11) is 5.08. The van der Waals surface area contributed by atoms with E-state index in [2.05, 4.69) is 53.5 Å². The molecule has 0 saturated heterocycles. The Kier molecular flexibility index (Phi) is 3.36. The van der Waals surface area contributed by atoms with Crippen LogP contribution in [0.4, 0.5) is 0 Å². The molecule has 0 aliphatic carbocycles. The normalized spacial score (nSPS) is 12.1. The van der Waals surface area contributed by atoms with Crippen molar-refractivity contribution < 1.29 is 0 Å². The van der Waals surface area contributed by atoms with Gasteiger partial charge in [0.2, 0.25) is 0 Å². The van der Waals surface area contributed by atoms with Gasteiger partial charge in [0, 0.05) is 17.9 Å². The third kappa shape index (κ3) is 1.72. The van der Waals surface area contributed by atoms with Crippen molar-refractivity contribution in [2.75, 3.05) is 0 Å². The van der Waals surface area contributed by atoms with Gasteiger partial charge in [-0.05, 0) is 26.7 Å². The highest BCUT2D eigenvalue weighted by atomic mass is 31.0. The minimum absolute atomic E-state index is 0.147. The van der Waals surface area contributed by atoms with E-state index in [1.54, 1.807) is 0 Å². The Labute approximate surface area is 89.3 Å². The zero-order chi connectivity index (χ0) is 10.9. The van der Waals surface area contributed by atoms with Crippen LogP contribution >= 0.6 is 9.24 Å². The third-order valence-electron chi connectivity index (χ3n) is 3.33. The van der Waals surface area contributed by atoms with E-state index in [0.717, 1.165) is 18.5 Å². The molecular formula is C11H21N2P. The van der Waals surface area contributed by atoms with Crippen LogP contribution in [0.25, 0.3) is 0 Å². The van der Waals surface area contributed by atoms with Gasteiger partial charge in [-0.3, -0.25) is 0 Å². The van der Waals surface area contributed by atoms with Gasteiger partial charge in [0.1, 0.15) is 5.82 Å². The molecule has 14 heavy (non-hydrogen) atoms. The van der Waals surface area contributed by atoms with E-state index in [0.29, 0.717) is 0 Å². The number of aryl methyl sites for hydroxylation is 1.